The summed E-state index contributed by atoms with van der Waals surface area (Å²) in [4.78, 5) is 33.5. The molecule has 0 saturated carbocycles. The molecule has 4 rings (SSSR count). The van der Waals surface area contributed by atoms with Gasteiger partial charge in [-0.25, -0.2) is 5.01 Å². The van der Waals surface area contributed by atoms with Gasteiger partial charge in [-0.3, -0.25) is 14.6 Å². The van der Waals surface area contributed by atoms with Crippen molar-refractivity contribution < 1.29 is 9.53 Å². The van der Waals surface area contributed by atoms with E-state index in [1.807, 2.05) is 30.5 Å². The van der Waals surface area contributed by atoms with Crippen molar-refractivity contribution in [2.75, 3.05) is 7.11 Å². The molecule has 1 atom stereocenters. The number of aromatic nitrogens is 2. The second-order valence-electron chi connectivity index (χ2n) is 6.60. The Bertz CT molecular complexity index is 1130. The van der Waals surface area contributed by atoms with E-state index in [4.69, 9.17) is 4.74 Å². The molecule has 0 saturated heterocycles. The predicted octanol–water partition coefficient (Wildman–Crippen LogP) is 3.39. The maximum absolute atomic E-state index is 12.7. The summed E-state index contributed by atoms with van der Waals surface area (Å²) in [5.41, 5.74) is 2.56. The molecule has 0 radical (unpaired) electrons. The maximum Gasteiger partial charge on any atom is 0.258 e. The minimum atomic E-state index is -0.342. The van der Waals surface area contributed by atoms with Gasteiger partial charge in [0.25, 0.3) is 5.56 Å². The number of H-pyrrole nitrogens is 1. The summed E-state index contributed by atoms with van der Waals surface area (Å²) in [6.45, 7) is 3.72. The zero-order chi connectivity index (χ0) is 19.8. The Hall–Kier alpha value is -3.00. The SMILES string of the molecule is CCC(=O)N1N=C(c2c(C)c3ccsc3[nH]c2=O)CC1c1ccc(OC)cn1. The van der Waals surface area contributed by atoms with Crippen LogP contribution in [0.15, 0.2) is 39.7 Å². The van der Waals surface area contributed by atoms with Crippen molar-refractivity contribution in [2.45, 2.75) is 32.7 Å². The maximum atomic E-state index is 12.7. The summed E-state index contributed by atoms with van der Waals surface area (Å²) in [6.07, 6.45) is 2.38. The van der Waals surface area contributed by atoms with Crippen LogP contribution in [0.3, 0.4) is 0 Å². The molecular weight excluding hydrogens is 376 g/mol. The van der Waals surface area contributed by atoms with Crippen LogP contribution >= 0.6 is 11.3 Å². The summed E-state index contributed by atoms with van der Waals surface area (Å²) < 4.78 is 5.17. The third kappa shape index (κ3) is 2.99. The number of nitrogens with zero attached hydrogens (tertiary/aromatic N) is 3. The van der Waals surface area contributed by atoms with Crippen molar-refractivity contribution in [2.24, 2.45) is 5.10 Å². The van der Waals surface area contributed by atoms with E-state index < -0.39 is 0 Å². The summed E-state index contributed by atoms with van der Waals surface area (Å²) in [7, 11) is 1.58. The van der Waals surface area contributed by atoms with Crippen molar-refractivity contribution in [1.29, 1.82) is 0 Å². The highest BCUT2D eigenvalue weighted by molar-refractivity contribution is 7.16. The second kappa shape index (κ2) is 7.20. The number of pyridine rings is 2. The number of hydrazone groups is 1. The summed E-state index contributed by atoms with van der Waals surface area (Å²) >= 11 is 1.50. The Morgan fingerprint density at radius 3 is 2.89 bits per heavy atom. The van der Waals surface area contributed by atoms with Gasteiger partial charge in [-0.1, -0.05) is 6.92 Å². The first-order valence-electron chi connectivity index (χ1n) is 9.03. The number of carbonyl (C=O) groups excluding carboxylic acids is 1. The predicted molar refractivity (Wildman–Crippen MR) is 109 cm³/mol. The fourth-order valence-corrected chi connectivity index (χ4v) is 4.35. The van der Waals surface area contributed by atoms with Crippen LogP contribution in [0.5, 0.6) is 5.75 Å². The molecule has 3 aromatic heterocycles. The molecular formula is C20H20N4O3S. The van der Waals surface area contributed by atoms with Crippen molar-refractivity contribution in [3.05, 3.63) is 57.0 Å². The molecule has 1 N–H and O–H groups in total. The van der Waals surface area contributed by atoms with Gasteiger partial charge >= 0.3 is 0 Å². The van der Waals surface area contributed by atoms with E-state index in [9.17, 15) is 9.59 Å². The number of aryl methyl sites for hydroxylation is 1. The number of hydrogen-bond acceptors (Lipinski definition) is 6. The largest absolute Gasteiger partial charge is 0.495 e. The fourth-order valence-electron chi connectivity index (χ4n) is 3.51. The van der Waals surface area contributed by atoms with Gasteiger partial charge in [-0.15, -0.1) is 11.3 Å². The number of aromatic amines is 1. The normalized spacial score (nSPS) is 16.5. The van der Waals surface area contributed by atoms with Crippen LogP contribution in [0.1, 0.15) is 42.6 Å². The lowest BCUT2D eigenvalue weighted by Crippen LogP contribution is -2.26. The van der Waals surface area contributed by atoms with Crippen LogP contribution in [-0.2, 0) is 4.79 Å². The van der Waals surface area contributed by atoms with Gasteiger partial charge in [0.2, 0.25) is 5.91 Å². The number of ether oxygens (including phenoxy) is 1. The minimum absolute atomic E-state index is 0.108. The lowest BCUT2D eigenvalue weighted by atomic mass is 9.98. The first kappa shape index (κ1) is 18.4. The van der Waals surface area contributed by atoms with Gasteiger partial charge in [0, 0.05) is 18.2 Å². The number of amides is 1. The number of hydrogen-bond donors (Lipinski definition) is 1. The van der Waals surface area contributed by atoms with Crippen LogP contribution in [0, 0.1) is 6.92 Å². The molecule has 7 nitrogen and oxygen atoms in total. The van der Waals surface area contributed by atoms with Crippen LogP contribution in [0.4, 0.5) is 0 Å². The third-order valence-electron chi connectivity index (χ3n) is 4.99. The van der Waals surface area contributed by atoms with Gasteiger partial charge in [0.1, 0.15) is 16.6 Å². The second-order valence-corrected chi connectivity index (χ2v) is 7.52. The first-order valence-corrected chi connectivity index (χ1v) is 9.91. The Labute approximate surface area is 165 Å². The van der Waals surface area contributed by atoms with Crippen LogP contribution in [-0.4, -0.2) is 33.7 Å². The summed E-state index contributed by atoms with van der Waals surface area (Å²) in [6, 6.07) is 5.29. The van der Waals surface area contributed by atoms with Crippen molar-refractivity contribution >= 4 is 33.2 Å². The molecule has 0 bridgehead atoms. The molecule has 144 valence electrons. The highest BCUT2D eigenvalue weighted by atomic mass is 32.1. The van der Waals surface area contributed by atoms with Crippen molar-refractivity contribution in [3.63, 3.8) is 0 Å². The molecule has 3 aromatic rings. The molecule has 1 aliphatic rings. The van der Waals surface area contributed by atoms with Crippen LogP contribution < -0.4 is 10.3 Å². The third-order valence-corrected chi connectivity index (χ3v) is 5.82. The monoisotopic (exact) mass is 396 g/mol. The number of nitrogens with one attached hydrogen (secondary N) is 1. The zero-order valence-corrected chi connectivity index (χ0v) is 16.7. The van der Waals surface area contributed by atoms with E-state index in [-0.39, 0.29) is 17.5 Å². The van der Waals surface area contributed by atoms with Crippen LogP contribution in [0.2, 0.25) is 0 Å². The van der Waals surface area contributed by atoms with E-state index in [2.05, 4.69) is 15.1 Å². The van der Waals surface area contributed by atoms with Crippen molar-refractivity contribution in [1.82, 2.24) is 15.0 Å². The van der Waals surface area contributed by atoms with E-state index in [1.54, 1.807) is 20.2 Å². The molecule has 0 aliphatic carbocycles. The standard InChI is InChI=1S/C20H20N4O3S/c1-4-17(25)24-16(14-6-5-12(27-3)10-21-14)9-15(23-24)18-11(2)13-7-8-28-20(13)22-19(18)26/h5-8,10,16H,4,9H2,1-3H3,(H,22,26). The topological polar surface area (TPSA) is 87.7 Å². The number of thiophene rings is 1. The van der Waals surface area contributed by atoms with E-state index in [1.165, 1.54) is 16.3 Å². The fraction of sp³-hybridized carbons (Fsp3) is 0.300. The Morgan fingerprint density at radius 2 is 2.21 bits per heavy atom. The Morgan fingerprint density at radius 1 is 1.39 bits per heavy atom. The summed E-state index contributed by atoms with van der Waals surface area (Å²) in [5.74, 6) is 0.537. The smallest absolute Gasteiger partial charge is 0.258 e. The molecule has 8 heteroatoms. The molecule has 1 aliphatic heterocycles. The quantitative estimate of drug-likeness (QED) is 0.732. The zero-order valence-electron chi connectivity index (χ0n) is 15.9. The van der Waals surface area contributed by atoms with Gasteiger partial charge in [0.05, 0.1) is 30.3 Å². The highest BCUT2D eigenvalue weighted by Gasteiger charge is 2.35. The van der Waals surface area contributed by atoms with Gasteiger partial charge in [-0.2, -0.15) is 5.10 Å². The van der Waals surface area contributed by atoms with Gasteiger partial charge in [0.15, 0.2) is 0 Å². The number of methoxy groups -OCH3 is 1. The molecule has 28 heavy (non-hydrogen) atoms. The Balaban J connectivity index is 1.78. The molecule has 1 amide bonds. The lowest BCUT2D eigenvalue weighted by Gasteiger charge is -2.20. The minimum Gasteiger partial charge on any atom is -0.495 e. The van der Waals surface area contributed by atoms with Gasteiger partial charge in [-0.05, 0) is 36.1 Å². The molecule has 4 heterocycles. The average molecular weight is 396 g/mol. The number of rotatable bonds is 4. The molecule has 0 fully saturated rings. The highest BCUT2D eigenvalue weighted by Crippen LogP contribution is 2.34. The number of fused-ring (bicyclic) bond motifs is 1. The van der Waals surface area contributed by atoms with Crippen LogP contribution in [0.25, 0.3) is 10.2 Å². The van der Waals surface area contributed by atoms with Gasteiger partial charge < -0.3 is 9.72 Å². The number of carbonyl (C=O) groups is 1. The van der Waals surface area contributed by atoms with E-state index in [0.29, 0.717) is 35.6 Å². The van der Waals surface area contributed by atoms with E-state index >= 15 is 0 Å². The first-order chi connectivity index (χ1) is 13.5. The average Bonchev–Trinajstić information content (AvgIpc) is 3.35. The Kier molecular flexibility index (Phi) is 4.72. The summed E-state index contributed by atoms with van der Waals surface area (Å²) in [5, 5.41) is 8.96. The molecule has 1 unspecified atom stereocenters. The molecule has 0 spiro atoms. The lowest BCUT2D eigenvalue weighted by molar-refractivity contribution is -0.132. The van der Waals surface area contributed by atoms with Crippen molar-refractivity contribution in [3.8, 4) is 5.75 Å². The molecule has 0 aromatic carbocycles. The van der Waals surface area contributed by atoms with E-state index in [0.717, 1.165) is 15.8 Å².